The van der Waals surface area contributed by atoms with E-state index in [0.717, 1.165) is 23.3 Å². The summed E-state index contributed by atoms with van der Waals surface area (Å²) in [7, 11) is 7.50. The molecule has 0 rings (SSSR count). The van der Waals surface area contributed by atoms with Gasteiger partial charge in [0.05, 0.1) is 26.4 Å². The van der Waals surface area contributed by atoms with Gasteiger partial charge in [-0.15, -0.1) is 10.4 Å². The molecule has 0 radical (unpaired) electrons. The standard InChI is InChI=1S/C10H26N3S2/c1-5-7-12-9-15-14-8-10(11)13(3,4)6-2/h9-10,12,15H,5-8,11H2,1-4H3/q+1/t10-/m0/s1. The molecular weight excluding hydrogens is 226 g/mol. The summed E-state index contributed by atoms with van der Waals surface area (Å²) in [6.45, 7) is 6.49. The molecule has 5 heteroatoms. The number of hydrogen-bond acceptors (Lipinski definition) is 2. The average molecular weight is 252 g/mol. The number of nitrogens with two attached hydrogens (primary N) is 1. The van der Waals surface area contributed by atoms with Crippen molar-refractivity contribution in [2.75, 3.05) is 32.9 Å². The van der Waals surface area contributed by atoms with E-state index in [9.17, 15) is 0 Å². The molecule has 0 aliphatic heterocycles. The first-order valence-corrected chi connectivity index (χ1v) is 8.05. The van der Waals surface area contributed by atoms with Gasteiger partial charge in [-0.1, -0.05) is 17.7 Å². The lowest BCUT2D eigenvalue weighted by atomic mass is 10.4. The Labute approximate surface area is 102 Å². The van der Waals surface area contributed by atoms with Gasteiger partial charge >= 0.3 is 0 Å². The Morgan fingerprint density at radius 3 is 2.67 bits per heavy atom. The van der Waals surface area contributed by atoms with Crippen molar-refractivity contribution in [2.24, 2.45) is 5.73 Å². The van der Waals surface area contributed by atoms with Crippen molar-refractivity contribution in [3.05, 3.63) is 0 Å². The van der Waals surface area contributed by atoms with E-state index in [4.69, 9.17) is 5.73 Å². The van der Waals surface area contributed by atoms with Gasteiger partial charge in [-0.3, -0.25) is 11.1 Å². The summed E-state index contributed by atoms with van der Waals surface area (Å²) in [5.74, 6) is 1.01. The molecular formula is C10H26N3S2+. The van der Waals surface area contributed by atoms with Gasteiger partial charge in [0.25, 0.3) is 0 Å². The number of thiol groups is 1. The monoisotopic (exact) mass is 252 g/mol. The SMILES string of the molecule is CCCN/C=[SH]\SC[C@@H](N)[N+](C)(C)CC. The van der Waals surface area contributed by atoms with Crippen LogP contribution < -0.4 is 11.1 Å². The van der Waals surface area contributed by atoms with Crippen molar-refractivity contribution in [1.29, 1.82) is 0 Å². The second-order valence-corrected chi connectivity index (χ2v) is 6.61. The molecule has 0 saturated heterocycles. The minimum absolute atomic E-state index is 0.229. The Morgan fingerprint density at radius 2 is 2.13 bits per heavy atom. The summed E-state index contributed by atoms with van der Waals surface area (Å²) in [4.78, 5) is 0. The van der Waals surface area contributed by atoms with Crippen LogP contribution in [0.15, 0.2) is 0 Å². The number of nitrogens with one attached hydrogen (secondary N) is 1. The molecule has 0 spiro atoms. The third-order valence-electron chi connectivity index (χ3n) is 2.57. The van der Waals surface area contributed by atoms with Gasteiger partial charge in [0, 0.05) is 5.49 Å². The maximum Gasteiger partial charge on any atom is 0.150 e. The molecule has 0 amide bonds. The first-order valence-electron chi connectivity index (χ1n) is 5.50. The second kappa shape index (κ2) is 8.58. The molecule has 0 aromatic heterocycles. The van der Waals surface area contributed by atoms with Crippen LogP contribution in [-0.2, 0) is 0 Å². The number of quaternary nitrogens is 1. The molecule has 0 saturated carbocycles. The molecule has 0 bridgehead atoms. The normalized spacial score (nSPS) is 15.3. The predicted octanol–water partition coefficient (Wildman–Crippen LogP) is 1.24. The van der Waals surface area contributed by atoms with Crippen LogP contribution in [0.3, 0.4) is 0 Å². The third-order valence-corrected chi connectivity index (χ3v) is 4.71. The van der Waals surface area contributed by atoms with Crippen molar-refractivity contribution in [3.8, 4) is 0 Å². The summed E-state index contributed by atoms with van der Waals surface area (Å²) >= 11 is 0. The van der Waals surface area contributed by atoms with Gasteiger partial charge in [0.2, 0.25) is 0 Å². The summed E-state index contributed by atoms with van der Waals surface area (Å²) in [5, 5.41) is 3.26. The largest absolute Gasteiger partial charge is 0.313 e. The van der Waals surface area contributed by atoms with Crippen LogP contribution in [-0.4, -0.2) is 49.1 Å². The lowest BCUT2D eigenvalue weighted by molar-refractivity contribution is -0.910. The molecule has 0 heterocycles. The summed E-state index contributed by atoms with van der Waals surface area (Å²) < 4.78 is 0.894. The summed E-state index contributed by atoms with van der Waals surface area (Å²) in [6.07, 6.45) is 1.41. The van der Waals surface area contributed by atoms with E-state index in [1.54, 1.807) is 0 Å². The first-order chi connectivity index (χ1) is 7.04. The van der Waals surface area contributed by atoms with E-state index in [-0.39, 0.29) is 6.17 Å². The third kappa shape index (κ3) is 7.36. The zero-order valence-corrected chi connectivity index (χ0v) is 12.1. The Kier molecular flexibility index (Phi) is 8.84. The quantitative estimate of drug-likeness (QED) is 0.152. The van der Waals surface area contributed by atoms with E-state index in [0.29, 0.717) is 0 Å². The fourth-order valence-corrected chi connectivity index (χ4v) is 2.92. The zero-order valence-electron chi connectivity index (χ0n) is 10.4. The number of nitrogens with zero attached hydrogens (tertiary/aromatic N) is 1. The van der Waals surface area contributed by atoms with E-state index in [1.165, 1.54) is 16.8 Å². The average Bonchev–Trinajstić information content (AvgIpc) is 2.22. The topological polar surface area (TPSA) is 38.0 Å². The Morgan fingerprint density at radius 1 is 1.47 bits per heavy atom. The van der Waals surface area contributed by atoms with Gasteiger partial charge in [-0.2, -0.15) is 0 Å². The van der Waals surface area contributed by atoms with Crippen LogP contribution in [0.1, 0.15) is 20.3 Å². The molecule has 0 aliphatic carbocycles. The van der Waals surface area contributed by atoms with Crippen LogP contribution in [0.25, 0.3) is 0 Å². The first kappa shape index (κ1) is 15.4. The lowest BCUT2D eigenvalue weighted by Crippen LogP contribution is -2.54. The number of hydrogen-bond donors (Lipinski definition) is 3. The lowest BCUT2D eigenvalue weighted by Gasteiger charge is -2.34. The summed E-state index contributed by atoms with van der Waals surface area (Å²) in [6, 6.07) is 0. The van der Waals surface area contributed by atoms with Crippen molar-refractivity contribution >= 4 is 26.7 Å². The van der Waals surface area contributed by atoms with E-state index >= 15 is 0 Å². The zero-order chi connectivity index (χ0) is 11.7. The van der Waals surface area contributed by atoms with Crippen LogP contribution in [0.2, 0.25) is 0 Å². The van der Waals surface area contributed by atoms with Crippen LogP contribution >= 0.6 is 21.2 Å². The fraction of sp³-hybridized carbons (Fsp3) is 0.900. The van der Waals surface area contributed by atoms with Gasteiger partial charge in [0.1, 0.15) is 6.17 Å². The van der Waals surface area contributed by atoms with Crippen molar-refractivity contribution < 1.29 is 4.48 Å². The smallest absolute Gasteiger partial charge is 0.150 e. The van der Waals surface area contributed by atoms with E-state index in [2.05, 4.69) is 38.8 Å². The van der Waals surface area contributed by atoms with Gasteiger partial charge in [0.15, 0.2) is 0 Å². The minimum Gasteiger partial charge on any atom is -0.313 e. The van der Waals surface area contributed by atoms with E-state index < -0.39 is 0 Å². The summed E-state index contributed by atoms with van der Waals surface area (Å²) in [5.41, 5.74) is 8.22. The number of rotatable bonds is 8. The highest BCUT2D eigenvalue weighted by Gasteiger charge is 2.21. The van der Waals surface area contributed by atoms with Crippen LogP contribution in [0.4, 0.5) is 0 Å². The Hall–Kier alpha value is 0.450. The predicted molar refractivity (Wildman–Crippen MR) is 76.4 cm³/mol. The van der Waals surface area contributed by atoms with Gasteiger partial charge in [-0.05, 0) is 19.9 Å². The Balaban J connectivity index is 3.63. The molecule has 3 nitrogen and oxygen atoms in total. The molecule has 92 valence electrons. The molecule has 15 heavy (non-hydrogen) atoms. The molecule has 0 fully saturated rings. The maximum absolute atomic E-state index is 6.12. The van der Waals surface area contributed by atoms with Crippen LogP contribution in [0.5, 0.6) is 0 Å². The molecule has 0 unspecified atom stereocenters. The molecule has 0 aliphatic rings. The van der Waals surface area contributed by atoms with Crippen molar-refractivity contribution in [2.45, 2.75) is 26.4 Å². The fourth-order valence-electron chi connectivity index (χ4n) is 0.839. The van der Waals surface area contributed by atoms with Crippen LogP contribution in [0, 0.1) is 0 Å². The minimum atomic E-state index is 0.229. The molecule has 3 N–H and O–H groups in total. The highest BCUT2D eigenvalue weighted by atomic mass is 33.1. The molecule has 1 atom stereocenters. The highest BCUT2D eigenvalue weighted by molar-refractivity contribution is 8.75. The van der Waals surface area contributed by atoms with Gasteiger partial charge in [-0.25, -0.2) is 0 Å². The molecule has 0 aromatic carbocycles. The van der Waals surface area contributed by atoms with Crippen molar-refractivity contribution in [1.82, 2.24) is 5.32 Å². The van der Waals surface area contributed by atoms with Gasteiger partial charge < -0.3 is 4.48 Å². The second-order valence-electron chi connectivity index (χ2n) is 4.15. The highest BCUT2D eigenvalue weighted by Crippen LogP contribution is 2.15. The van der Waals surface area contributed by atoms with Crippen molar-refractivity contribution in [3.63, 3.8) is 0 Å². The van der Waals surface area contributed by atoms with E-state index in [1.807, 2.05) is 10.8 Å². The molecule has 0 aromatic rings. The maximum atomic E-state index is 6.12. The Bertz CT molecular complexity index is 184.